The van der Waals surface area contributed by atoms with Gasteiger partial charge in [0.1, 0.15) is 0 Å². The Labute approximate surface area is 126 Å². The SMILES string of the molecule is O=C(C1=CCN(Cc2ccccc2)CC1)N1CCOCC1. The van der Waals surface area contributed by atoms with E-state index in [-0.39, 0.29) is 5.91 Å². The molecule has 0 spiro atoms. The molecule has 0 atom stereocenters. The average molecular weight is 286 g/mol. The predicted octanol–water partition coefficient (Wildman–Crippen LogP) is 1.68. The van der Waals surface area contributed by atoms with Crippen molar-refractivity contribution in [2.75, 3.05) is 39.4 Å². The first-order chi connectivity index (χ1) is 10.3. The van der Waals surface area contributed by atoms with E-state index >= 15 is 0 Å². The number of rotatable bonds is 3. The second-order valence-electron chi connectivity index (χ2n) is 5.60. The minimum Gasteiger partial charge on any atom is -0.378 e. The van der Waals surface area contributed by atoms with E-state index in [9.17, 15) is 4.79 Å². The second-order valence-corrected chi connectivity index (χ2v) is 5.60. The van der Waals surface area contributed by atoms with Gasteiger partial charge >= 0.3 is 0 Å². The lowest BCUT2D eigenvalue weighted by Gasteiger charge is -2.31. The van der Waals surface area contributed by atoms with Gasteiger partial charge in [-0.1, -0.05) is 36.4 Å². The summed E-state index contributed by atoms with van der Waals surface area (Å²) in [6.07, 6.45) is 2.95. The molecule has 0 aromatic heterocycles. The smallest absolute Gasteiger partial charge is 0.249 e. The Balaban J connectivity index is 1.55. The van der Waals surface area contributed by atoms with E-state index in [2.05, 4.69) is 35.2 Å². The van der Waals surface area contributed by atoms with Crippen LogP contribution in [-0.2, 0) is 16.1 Å². The zero-order chi connectivity index (χ0) is 14.5. The van der Waals surface area contributed by atoms with Crippen molar-refractivity contribution >= 4 is 5.91 Å². The van der Waals surface area contributed by atoms with Gasteiger partial charge in [-0.2, -0.15) is 0 Å². The zero-order valence-electron chi connectivity index (χ0n) is 12.3. The van der Waals surface area contributed by atoms with Crippen molar-refractivity contribution in [1.82, 2.24) is 9.80 Å². The molecule has 1 aromatic carbocycles. The molecule has 0 bridgehead atoms. The molecule has 4 nitrogen and oxygen atoms in total. The van der Waals surface area contributed by atoms with Gasteiger partial charge in [0.25, 0.3) is 0 Å². The number of morpholine rings is 1. The highest BCUT2D eigenvalue weighted by atomic mass is 16.5. The van der Waals surface area contributed by atoms with E-state index < -0.39 is 0 Å². The summed E-state index contributed by atoms with van der Waals surface area (Å²) in [5, 5.41) is 0. The van der Waals surface area contributed by atoms with Crippen LogP contribution in [0.2, 0.25) is 0 Å². The summed E-state index contributed by atoms with van der Waals surface area (Å²) in [7, 11) is 0. The van der Waals surface area contributed by atoms with Crippen LogP contribution in [0.5, 0.6) is 0 Å². The topological polar surface area (TPSA) is 32.8 Å². The molecule has 3 rings (SSSR count). The monoisotopic (exact) mass is 286 g/mol. The summed E-state index contributed by atoms with van der Waals surface area (Å²) >= 11 is 0. The summed E-state index contributed by atoms with van der Waals surface area (Å²) in [4.78, 5) is 16.7. The van der Waals surface area contributed by atoms with Gasteiger partial charge in [0.05, 0.1) is 13.2 Å². The molecule has 1 fully saturated rings. The molecule has 1 saturated heterocycles. The van der Waals surface area contributed by atoms with Gasteiger partial charge in [0, 0.05) is 38.3 Å². The Kier molecular flexibility index (Phi) is 4.68. The number of amides is 1. The van der Waals surface area contributed by atoms with Gasteiger partial charge in [-0.15, -0.1) is 0 Å². The maximum Gasteiger partial charge on any atom is 0.249 e. The number of carbonyl (C=O) groups excluding carboxylic acids is 1. The zero-order valence-corrected chi connectivity index (χ0v) is 12.3. The van der Waals surface area contributed by atoms with Crippen LogP contribution in [0, 0.1) is 0 Å². The molecule has 0 N–H and O–H groups in total. The molecule has 0 unspecified atom stereocenters. The fourth-order valence-corrected chi connectivity index (χ4v) is 2.86. The molecule has 1 aromatic rings. The summed E-state index contributed by atoms with van der Waals surface area (Å²) < 4.78 is 5.30. The van der Waals surface area contributed by atoms with Crippen molar-refractivity contribution in [1.29, 1.82) is 0 Å². The van der Waals surface area contributed by atoms with E-state index in [0.717, 1.165) is 44.7 Å². The Morgan fingerprint density at radius 3 is 2.52 bits per heavy atom. The van der Waals surface area contributed by atoms with Gasteiger partial charge in [-0.25, -0.2) is 0 Å². The summed E-state index contributed by atoms with van der Waals surface area (Å²) in [5.74, 6) is 0.206. The van der Waals surface area contributed by atoms with Crippen molar-refractivity contribution in [3.05, 3.63) is 47.5 Å². The molecule has 112 valence electrons. The van der Waals surface area contributed by atoms with Gasteiger partial charge < -0.3 is 9.64 Å². The summed E-state index contributed by atoms with van der Waals surface area (Å²) in [6, 6.07) is 10.5. The predicted molar refractivity (Wildman–Crippen MR) is 81.8 cm³/mol. The first-order valence-corrected chi connectivity index (χ1v) is 7.65. The third kappa shape index (κ3) is 3.71. The molecule has 1 amide bonds. The van der Waals surface area contributed by atoms with Crippen LogP contribution >= 0.6 is 0 Å². The summed E-state index contributed by atoms with van der Waals surface area (Å²) in [5.41, 5.74) is 2.30. The minimum atomic E-state index is 0.206. The van der Waals surface area contributed by atoms with Gasteiger partial charge in [-0.05, 0) is 12.0 Å². The fraction of sp³-hybridized carbons (Fsp3) is 0.471. The van der Waals surface area contributed by atoms with E-state index in [1.165, 1.54) is 5.56 Å². The van der Waals surface area contributed by atoms with Gasteiger partial charge in [-0.3, -0.25) is 9.69 Å². The number of hydrogen-bond donors (Lipinski definition) is 0. The standard InChI is InChI=1S/C17H22N2O2/c20-17(19-10-12-21-13-11-19)16-6-8-18(9-7-16)14-15-4-2-1-3-5-15/h1-6H,7-14H2. The van der Waals surface area contributed by atoms with E-state index in [0.29, 0.717) is 13.2 Å². The Morgan fingerprint density at radius 1 is 1.10 bits per heavy atom. The van der Waals surface area contributed by atoms with Crippen molar-refractivity contribution in [3.8, 4) is 0 Å². The Bertz CT molecular complexity index is 507. The maximum atomic E-state index is 12.4. The molecule has 2 aliphatic heterocycles. The van der Waals surface area contributed by atoms with Gasteiger partial charge in [0.2, 0.25) is 5.91 Å². The van der Waals surface area contributed by atoms with Crippen molar-refractivity contribution in [2.45, 2.75) is 13.0 Å². The highest BCUT2D eigenvalue weighted by molar-refractivity contribution is 5.93. The molecule has 2 aliphatic rings. The number of benzene rings is 1. The molecular formula is C17H22N2O2. The lowest BCUT2D eigenvalue weighted by Crippen LogP contribution is -2.42. The van der Waals surface area contributed by atoms with E-state index in [1.54, 1.807) is 0 Å². The third-order valence-electron chi connectivity index (χ3n) is 4.12. The fourth-order valence-electron chi connectivity index (χ4n) is 2.86. The molecule has 0 aliphatic carbocycles. The van der Waals surface area contributed by atoms with Crippen LogP contribution < -0.4 is 0 Å². The van der Waals surface area contributed by atoms with Gasteiger partial charge in [0.15, 0.2) is 0 Å². The average Bonchev–Trinajstić information content (AvgIpc) is 2.57. The van der Waals surface area contributed by atoms with Crippen molar-refractivity contribution in [2.24, 2.45) is 0 Å². The highest BCUT2D eigenvalue weighted by Crippen LogP contribution is 2.16. The van der Waals surface area contributed by atoms with Crippen LogP contribution in [0.15, 0.2) is 42.0 Å². The molecular weight excluding hydrogens is 264 g/mol. The number of ether oxygens (including phenoxy) is 1. The molecule has 0 saturated carbocycles. The number of carbonyl (C=O) groups is 1. The first kappa shape index (κ1) is 14.3. The number of hydrogen-bond acceptors (Lipinski definition) is 3. The van der Waals surface area contributed by atoms with Crippen LogP contribution in [0.3, 0.4) is 0 Å². The second kappa shape index (κ2) is 6.87. The lowest BCUT2D eigenvalue weighted by atomic mass is 10.1. The maximum absolute atomic E-state index is 12.4. The minimum absolute atomic E-state index is 0.206. The highest BCUT2D eigenvalue weighted by Gasteiger charge is 2.23. The quantitative estimate of drug-likeness (QED) is 0.847. The van der Waals surface area contributed by atoms with Crippen LogP contribution in [0.1, 0.15) is 12.0 Å². The normalized spacial score (nSPS) is 20.2. The van der Waals surface area contributed by atoms with Crippen molar-refractivity contribution < 1.29 is 9.53 Å². The summed E-state index contributed by atoms with van der Waals surface area (Å²) in [6.45, 7) is 5.56. The Hall–Kier alpha value is -1.65. The Morgan fingerprint density at radius 2 is 1.86 bits per heavy atom. The lowest BCUT2D eigenvalue weighted by molar-refractivity contribution is -0.131. The number of nitrogens with zero attached hydrogens (tertiary/aromatic N) is 2. The molecule has 2 heterocycles. The van der Waals surface area contributed by atoms with E-state index in [1.807, 2.05) is 11.0 Å². The molecule has 21 heavy (non-hydrogen) atoms. The van der Waals surface area contributed by atoms with E-state index in [4.69, 9.17) is 4.74 Å². The van der Waals surface area contributed by atoms with Crippen LogP contribution in [0.4, 0.5) is 0 Å². The first-order valence-electron chi connectivity index (χ1n) is 7.65. The molecule has 4 heteroatoms. The van der Waals surface area contributed by atoms with Crippen LogP contribution in [-0.4, -0.2) is 55.1 Å². The van der Waals surface area contributed by atoms with Crippen LogP contribution in [0.25, 0.3) is 0 Å². The molecule has 0 radical (unpaired) electrons. The van der Waals surface area contributed by atoms with Crippen molar-refractivity contribution in [3.63, 3.8) is 0 Å². The third-order valence-corrected chi connectivity index (χ3v) is 4.12. The largest absolute Gasteiger partial charge is 0.378 e.